The van der Waals surface area contributed by atoms with Gasteiger partial charge in [-0.1, -0.05) is 57.2 Å². The van der Waals surface area contributed by atoms with Gasteiger partial charge >= 0.3 is 0 Å². The maximum atomic E-state index is 13.3. The van der Waals surface area contributed by atoms with Gasteiger partial charge in [0.25, 0.3) is 5.91 Å². The van der Waals surface area contributed by atoms with Crippen LogP contribution in [0.25, 0.3) is 0 Å². The van der Waals surface area contributed by atoms with Crippen molar-refractivity contribution in [1.29, 1.82) is 0 Å². The molecule has 1 N–H and O–H groups in total. The zero-order valence-corrected chi connectivity index (χ0v) is 17.9. The molecule has 2 amide bonds. The minimum Gasteiger partial charge on any atom is -0.356 e. The van der Waals surface area contributed by atoms with E-state index in [-0.39, 0.29) is 17.6 Å². The van der Waals surface area contributed by atoms with Crippen LogP contribution < -0.4 is 10.2 Å². The van der Waals surface area contributed by atoms with Crippen molar-refractivity contribution in [2.45, 2.75) is 58.3 Å². The molecule has 0 heterocycles. The van der Waals surface area contributed by atoms with Gasteiger partial charge in [-0.15, -0.1) is 0 Å². The molecule has 0 spiro atoms. The molecule has 162 valence electrons. The number of nitrogens with zero attached hydrogens (tertiary/aromatic N) is 1. The molecular formula is C25H33FN2O2. The summed E-state index contributed by atoms with van der Waals surface area (Å²) in [5.74, 6) is -0.415. The summed E-state index contributed by atoms with van der Waals surface area (Å²) in [6.07, 6.45) is 8.11. The predicted molar refractivity (Wildman–Crippen MR) is 120 cm³/mol. The summed E-state index contributed by atoms with van der Waals surface area (Å²) in [7, 11) is 0. The van der Waals surface area contributed by atoms with Gasteiger partial charge in [0.2, 0.25) is 5.91 Å². The van der Waals surface area contributed by atoms with E-state index >= 15 is 0 Å². The van der Waals surface area contributed by atoms with Gasteiger partial charge in [-0.05, 0) is 49.2 Å². The number of unbranched alkanes of at least 4 members (excludes halogenated alkanes) is 5. The standard InChI is InChI=1S/C25H33FN2O2/c1-2-3-4-5-6-10-14-24(29)27-19-11-20-28(23-17-15-22(26)16-18-23)25(30)21-12-8-7-9-13-21/h7-9,12-13,15-18H,2-6,10-11,14,19-20H2,1H3,(H,27,29). The van der Waals surface area contributed by atoms with E-state index in [1.807, 2.05) is 18.2 Å². The summed E-state index contributed by atoms with van der Waals surface area (Å²) in [4.78, 5) is 26.6. The van der Waals surface area contributed by atoms with Crippen LogP contribution >= 0.6 is 0 Å². The second kappa shape index (κ2) is 13.5. The second-order valence-electron chi connectivity index (χ2n) is 7.52. The number of nitrogens with one attached hydrogen (secondary N) is 1. The summed E-state index contributed by atoms with van der Waals surface area (Å²) in [6, 6.07) is 14.9. The molecule has 0 saturated carbocycles. The monoisotopic (exact) mass is 412 g/mol. The average Bonchev–Trinajstić information content (AvgIpc) is 2.77. The fourth-order valence-corrected chi connectivity index (χ4v) is 3.32. The minimum absolute atomic E-state index is 0.0632. The Morgan fingerprint density at radius 1 is 0.867 bits per heavy atom. The molecule has 0 aliphatic carbocycles. The summed E-state index contributed by atoms with van der Waals surface area (Å²) in [6.45, 7) is 3.14. The summed E-state index contributed by atoms with van der Waals surface area (Å²) in [5.41, 5.74) is 1.22. The molecule has 0 saturated heterocycles. The van der Waals surface area contributed by atoms with Crippen molar-refractivity contribution < 1.29 is 14.0 Å². The van der Waals surface area contributed by atoms with Gasteiger partial charge in [-0.2, -0.15) is 0 Å². The third-order valence-corrected chi connectivity index (χ3v) is 5.04. The van der Waals surface area contributed by atoms with E-state index in [0.717, 1.165) is 12.8 Å². The number of hydrogen-bond acceptors (Lipinski definition) is 2. The highest BCUT2D eigenvalue weighted by Gasteiger charge is 2.17. The Balaban J connectivity index is 1.81. The van der Waals surface area contributed by atoms with E-state index < -0.39 is 0 Å². The molecule has 0 aliphatic rings. The molecule has 30 heavy (non-hydrogen) atoms. The largest absolute Gasteiger partial charge is 0.356 e. The van der Waals surface area contributed by atoms with Gasteiger partial charge in [0.15, 0.2) is 0 Å². The molecule has 4 nitrogen and oxygen atoms in total. The van der Waals surface area contributed by atoms with Crippen molar-refractivity contribution >= 4 is 17.5 Å². The van der Waals surface area contributed by atoms with Crippen molar-refractivity contribution in [3.63, 3.8) is 0 Å². The topological polar surface area (TPSA) is 49.4 Å². The Bertz CT molecular complexity index is 762. The van der Waals surface area contributed by atoms with Gasteiger partial charge < -0.3 is 10.2 Å². The number of amides is 2. The maximum absolute atomic E-state index is 13.3. The van der Waals surface area contributed by atoms with Gasteiger partial charge in [0.1, 0.15) is 5.82 Å². The maximum Gasteiger partial charge on any atom is 0.258 e. The van der Waals surface area contributed by atoms with E-state index in [1.54, 1.807) is 29.2 Å². The molecule has 0 fully saturated rings. The van der Waals surface area contributed by atoms with Gasteiger partial charge in [0, 0.05) is 30.8 Å². The highest BCUT2D eigenvalue weighted by atomic mass is 19.1. The van der Waals surface area contributed by atoms with Crippen molar-refractivity contribution in [3.8, 4) is 0 Å². The number of carbonyl (C=O) groups excluding carboxylic acids is 2. The average molecular weight is 413 g/mol. The molecule has 0 aliphatic heterocycles. The first-order chi connectivity index (χ1) is 14.6. The molecule has 0 atom stereocenters. The van der Waals surface area contributed by atoms with Crippen molar-refractivity contribution in [2.75, 3.05) is 18.0 Å². The number of hydrogen-bond donors (Lipinski definition) is 1. The second-order valence-corrected chi connectivity index (χ2v) is 7.52. The van der Waals surface area contributed by atoms with Crippen LogP contribution in [0.4, 0.5) is 10.1 Å². The van der Waals surface area contributed by atoms with E-state index in [4.69, 9.17) is 0 Å². The van der Waals surface area contributed by atoms with Crippen LogP contribution in [-0.2, 0) is 4.79 Å². The number of benzene rings is 2. The predicted octanol–water partition coefficient (Wildman–Crippen LogP) is 5.73. The lowest BCUT2D eigenvalue weighted by molar-refractivity contribution is -0.121. The van der Waals surface area contributed by atoms with Crippen LogP contribution in [0.5, 0.6) is 0 Å². The number of halogens is 1. The Hall–Kier alpha value is -2.69. The van der Waals surface area contributed by atoms with Gasteiger partial charge in [0.05, 0.1) is 0 Å². The molecule has 2 rings (SSSR count). The summed E-state index contributed by atoms with van der Waals surface area (Å²) < 4.78 is 13.3. The lowest BCUT2D eigenvalue weighted by Gasteiger charge is -2.23. The molecule has 0 radical (unpaired) electrons. The molecule has 5 heteroatoms. The molecule has 0 bridgehead atoms. The SMILES string of the molecule is CCCCCCCCC(=O)NCCCN(C(=O)c1ccccc1)c1ccc(F)cc1. The van der Waals surface area contributed by atoms with Crippen molar-refractivity contribution in [1.82, 2.24) is 5.32 Å². The fourth-order valence-electron chi connectivity index (χ4n) is 3.32. The molecule has 0 unspecified atom stereocenters. The molecule has 2 aromatic carbocycles. The van der Waals surface area contributed by atoms with Gasteiger partial charge in [-0.25, -0.2) is 4.39 Å². The van der Waals surface area contributed by atoms with Crippen molar-refractivity contribution in [3.05, 3.63) is 66.0 Å². The molecule has 2 aromatic rings. The zero-order chi connectivity index (χ0) is 21.6. The first-order valence-electron chi connectivity index (χ1n) is 11.0. The van der Waals surface area contributed by atoms with E-state index in [0.29, 0.717) is 37.2 Å². The van der Waals surface area contributed by atoms with E-state index in [1.165, 1.54) is 37.8 Å². The van der Waals surface area contributed by atoms with E-state index in [2.05, 4.69) is 12.2 Å². The lowest BCUT2D eigenvalue weighted by Crippen LogP contribution is -2.34. The summed E-state index contributed by atoms with van der Waals surface area (Å²) in [5, 5.41) is 2.94. The van der Waals surface area contributed by atoms with Crippen LogP contribution in [0.3, 0.4) is 0 Å². The third kappa shape index (κ3) is 8.36. The van der Waals surface area contributed by atoms with Crippen LogP contribution in [0, 0.1) is 5.82 Å². The number of anilines is 1. The van der Waals surface area contributed by atoms with Crippen LogP contribution in [0.2, 0.25) is 0 Å². The van der Waals surface area contributed by atoms with E-state index in [9.17, 15) is 14.0 Å². The van der Waals surface area contributed by atoms with Crippen LogP contribution in [0.15, 0.2) is 54.6 Å². The minimum atomic E-state index is -0.340. The van der Waals surface area contributed by atoms with Crippen LogP contribution in [0.1, 0.15) is 68.6 Å². The number of carbonyl (C=O) groups is 2. The molecule has 0 aromatic heterocycles. The highest BCUT2D eigenvalue weighted by molar-refractivity contribution is 6.06. The third-order valence-electron chi connectivity index (χ3n) is 5.04. The summed E-state index contributed by atoms with van der Waals surface area (Å²) >= 11 is 0. The lowest BCUT2D eigenvalue weighted by atomic mass is 10.1. The normalized spacial score (nSPS) is 10.6. The first-order valence-corrected chi connectivity index (χ1v) is 11.0. The Kier molecular flexibility index (Phi) is 10.6. The Morgan fingerprint density at radius 2 is 1.53 bits per heavy atom. The van der Waals surface area contributed by atoms with Crippen molar-refractivity contribution in [2.24, 2.45) is 0 Å². The Labute approximate surface area is 179 Å². The van der Waals surface area contributed by atoms with Gasteiger partial charge in [-0.3, -0.25) is 9.59 Å². The zero-order valence-electron chi connectivity index (χ0n) is 17.9. The first kappa shape index (κ1) is 23.6. The fraction of sp³-hybridized carbons (Fsp3) is 0.440. The highest BCUT2D eigenvalue weighted by Crippen LogP contribution is 2.18. The molecular weight excluding hydrogens is 379 g/mol. The quantitative estimate of drug-likeness (QED) is 0.427. The number of rotatable bonds is 13. The van der Waals surface area contributed by atoms with Crippen LogP contribution in [-0.4, -0.2) is 24.9 Å². The smallest absolute Gasteiger partial charge is 0.258 e. The Morgan fingerprint density at radius 3 is 2.23 bits per heavy atom.